The molecular formula is C3H7Cl2O3P. The van der Waals surface area contributed by atoms with E-state index in [1.807, 2.05) is 0 Å². The van der Waals surface area contributed by atoms with E-state index >= 15 is 0 Å². The van der Waals surface area contributed by atoms with Crippen LogP contribution in [0.3, 0.4) is 0 Å². The van der Waals surface area contributed by atoms with Gasteiger partial charge in [0.15, 0.2) is 5.06 Å². The molecule has 6 heteroatoms. The van der Waals surface area contributed by atoms with E-state index in [1.54, 1.807) is 0 Å². The van der Waals surface area contributed by atoms with Crippen molar-refractivity contribution < 1.29 is 14.3 Å². The molecule has 0 aliphatic rings. The van der Waals surface area contributed by atoms with Crippen LogP contribution >= 0.6 is 31.8 Å². The second-order valence-electron chi connectivity index (χ2n) is 1.58. The van der Waals surface area contributed by atoms with Crippen LogP contribution in [-0.2, 0) is 4.52 Å². The Morgan fingerprint density at radius 2 is 2.11 bits per heavy atom. The predicted octanol–water partition coefficient (Wildman–Crippen LogP) is 1.41. The van der Waals surface area contributed by atoms with Gasteiger partial charge in [-0.1, -0.05) is 11.6 Å². The van der Waals surface area contributed by atoms with E-state index in [-0.39, 0.29) is 5.88 Å². The van der Waals surface area contributed by atoms with Gasteiger partial charge in [0.25, 0.3) is 0 Å². The van der Waals surface area contributed by atoms with Gasteiger partial charge in [-0.15, -0.1) is 11.6 Å². The van der Waals surface area contributed by atoms with E-state index in [0.717, 1.165) is 0 Å². The van der Waals surface area contributed by atoms with Crippen molar-refractivity contribution in [2.24, 2.45) is 0 Å². The lowest BCUT2D eigenvalue weighted by Gasteiger charge is -2.18. The van der Waals surface area contributed by atoms with E-state index < -0.39 is 13.7 Å². The zero-order chi connectivity index (χ0) is 7.49. The Hall–Kier alpha value is 0.890. The molecule has 0 saturated carbocycles. The molecule has 0 aliphatic carbocycles. The maximum Gasteiger partial charge on any atom is 0.328 e. The van der Waals surface area contributed by atoms with Crippen molar-refractivity contribution in [2.75, 3.05) is 5.88 Å². The lowest BCUT2D eigenvalue weighted by molar-refractivity contribution is 0.169. The van der Waals surface area contributed by atoms with Crippen molar-refractivity contribution in [1.29, 1.82) is 0 Å². The van der Waals surface area contributed by atoms with Gasteiger partial charge in [-0.25, -0.2) is 0 Å². The Morgan fingerprint density at radius 1 is 1.67 bits per heavy atom. The summed E-state index contributed by atoms with van der Waals surface area (Å²) in [6, 6.07) is 0. The van der Waals surface area contributed by atoms with Crippen LogP contribution in [0.5, 0.6) is 0 Å². The second-order valence-corrected chi connectivity index (χ2v) is 3.33. The van der Waals surface area contributed by atoms with Crippen LogP contribution in [0.4, 0.5) is 0 Å². The Bertz CT molecular complexity index is 87.1. The second kappa shape index (κ2) is 3.91. The number of alkyl halides is 2. The van der Waals surface area contributed by atoms with Gasteiger partial charge in [0.1, 0.15) is 0 Å². The molecule has 3 nitrogen and oxygen atoms in total. The fraction of sp³-hybridized carbons (Fsp3) is 1.00. The summed E-state index contributed by atoms with van der Waals surface area (Å²) in [5.41, 5.74) is 0. The van der Waals surface area contributed by atoms with Crippen LogP contribution in [0, 0.1) is 0 Å². The van der Waals surface area contributed by atoms with Gasteiger partial charge < -0.3 is 9.79 Å². The topological polar surface area (TPSA) is 49.7 Å². The van der Waals surface area contributed by atoms with Crippen molar-refractivity contribution in [3.8, 4) is 0 Å². The van der Waals surface area contributed by atoms with Gasteiger partial charge in [-0.05, 0) is 6.92 Å². The molecule has 0 fully saturated rings. The van der Waals surface area contributed by atoms with Gasteiger partial charge in [0.2, 0.25) is 0 Å². The van der Waals surface area contributed by atoms with Crippen LogP contribution < -0.4 is 0 Å². The van der Waals surface area contributed by atoms with E-state index in [2.05, 4.69) is 4.52 Å². The van der Waals surface area contributed by atoms with Crippen LogP contribution in [0.1, 0.15) is 6.92 Å². The summed E-state index contributed by atoms with van der Waals surface area (Å²) in [6.45, 7) is 1.45. The molecule has 0 aromatic heterocycles. The highest BCUT2D eigenvalue weighted by atomic mass is 35.5. The minimum atomic E-state index is -2.41. The molecule has 56 valence electrons. The Labute approximate surface area is 64.5 Å². The van der Waals surface area contributed by atoms with Gasteiger partial charge in [-0.2, -0.15) is 0 Å². The fourth-order valence-corrected chi connectivity index (χ4v) is 0.915. The largest absolute Gasteiger partial charge is 0.328 e. The smallest absolute Gasteiger partial charge is 0.328 e. The maximum atomic E-state index is 8.27. The van der Waals surface area contributed by atoms with Crippen molar-refractivity contribution in [2.45, 2.75) is 12.0 Å². The van der Waals surface area contributed by atoms with Crippen molar-refractivity contribution in [3.63, 3.8) is 0 Å². The molecule has 0 radical (unpaired) electrons. The fourth-order valence-electron chi connectivity index (χ4n) is 0.195. The van der Waals surface area contributed by atoms with E-state index in [0.29, 0.717) is 0 Å². The summed E-state index contributed by atoms with van der Waals surface area (Å²) in [7, 11) is -2.41. The highest BCUT2D eigenvalue weighted by Gasteiger charge is 2.23. The van der Waals surface area contributed by atoms with Crippen LogP contribution in [0.2, 0.25) is 0 Å². The SMILES string of the molecule is CC(Cl)(CCl)OP(O)O. The van der Waals surface area contributed by atoms with Gasteiger partial charge in [0.05, 0.1) is 5.88 Å². The first kappa shape index (κ1) is 9.89. The number of rotatable bonds is 3. The molecule has 2 N–H and O–H groups in total. The lowest BCUT2D eigenvalue weighted by Crippen LogP contribution is -2.20. The third-order valence-electron chi connectivity index (χ3n) is 0.511. The molecule has 1 atom stereocenters. The van der Waals surface area contributed by atoms with Crippen LogP contribution in [0.15, 0.2) is 0 Å². The molecule has 0 aromatic carbocycles. The third kappa shape index (κ3) is 5.34. The molecule has 0 aromatic rings. The highest BCUT2D eigenvalue weighted by Crippen LogP contribution is 2.35. The molecule has 0 heterocycles. The standard InChI is InChI=1S/C3H7Cl2O3P/c1-3(5,2-4)8-9(6)7/h6-7H,2H2,1H3. The highest BCUT2D eigenvalue weighted by molar-refractivity contribution is 7.39. The molecule has 0 aliphatic heterocycles. The summed E-state index contributed by atoms with van der Waals surface area (Å²) in [5.74, 6) is 0.00844. The minimum absolute atomic E-state index is 0.00844. The summed E-state index contributed by atoms with van der Waals surface area (Å²) in [6.07, 6.45) is 0. The van der Waals surface area contributed by atoms with E-state index in [9.17, 15) is 0 Å². The first-order valence-corrected chi connectivity index (χ1v) is 4.17. The van der Waals surface area contributed by atoms with Gasteiger partial charge >= 0.3 is 8.60 Å². The molecule has 0 bridgehead atoms. The maximum absolute atomic E-state index is 8.27. The molecular weight excluding hydrogens is 186 g/mol. The van der Waals surface area contributed by atoms with Crippen LogP contribution in [-0.4, -0.2) is 20.7 Å². The molecule has 0 rings (SSSR count). The predicted molar refractivity (Wildman–Crippen MR) is 37.4 cm³/mol. The quantitative estimate of drug-likeness (QED) is 0.526. The molecule has 0 amide bonds. The van der Waals surface area contributed by atoms with E-state index in [1.165, 1.54) is 6.92 Å². The van der Waals surface area contributed by atoms with Crippen molar-refractivity contribution in [3.05, 3.63) is 0 Å². The number of hydrogen-bond acceptors (Lipinski definition) is 3. The molecule has 1 unspecified atom stereocenters. The normalized spacial score (nSPS) is 18.0. The number of halogens is 2. The first-order valence-electron chi connectivity index (χ1n) is 2.10. The van der Waals surface area contributed by atoms with E-state index in [4.69, 9.17) is 33.0 Å². The van der Waals surface area contributed by atoms with Crippen molar-refractivity contribution in [1.82, 2.24) is 0 Å². The Kier molecular flexibility index (Phi) is 4.30. The van der Waals surface area contributed by atoms with Crippen molar-refractivity contribution >= 4 is 31.8 Å². The molecule has 0 spiro atoms. The third-order valence-corrected chi connectivity index (χ3v) is 2.04. The Morgan fingerprint density at radius 3 is 2.22 bits per heavy atom. The molecule has 9 heavy (non-hydrogen) atoms. The average molecular weight is 193 g/mol. The van der Waals surface area contributed by atoms with Gasteiger partial charge in [0, 0.05) is 0 Å². The summed E-state index contributed by atoms with van der Waals surface area (Å²) in [4.78, 5) is 16.5. The minimum Gasteiger partial charge on any atom is -0.328 e. The Balaban J connectivity index is 3.58. The average Bonchev–Trinajstić information content (AvgIpc) is 1.63. The van der Waals surface area contributed by atoms with Gasteiger partial charge in [-0.3, -0.25) is 4.52 Å². The first-order chi connectivity index (χ1) is 3.98. The number of hydrogen-bond donors (Lipinski definition) is 2. The zero-order valence-electron chi connectivity index (χ0n) is 4.71. The molecule has 0 saturated heterocycles. The monoisotopic (exact) mass is 192 g/mol. The summed E-state index contributed by atoms with van der Waals surface area (Å²) in [5, 5.41) is -1.17. The summed E-state index contributed by atoms with van der Waals surface area (Å²) < 4.78 is 4.40. The zero-order valence-corrected chi connectivity index (χ0v) is 7.12. The summed E-state index contributed by atoms with van der Waals surface area (Å²) >= 11 is 10.7. The lowest BCUT2D eigenvalue weighted by atomic mass is 10.5. The van der Waals surface area contributed by atoms with Crippen LogP contribution in [0.25, 0.3) is 0 Å².